The van der Waals surface area contributed by atoms with Gasteiger partial charge in [-0.1, -0.05) is 48.0 Å². The highest BCUT2D eigenvalue weighted by molar-refractivity contribution is 6.36. The predicted octanol–water partition coefficient (Wildman–Crippen LogP) is 6.39. The summed E-state index contributed by atoms with van der Waals surface area (Å²) < 4.78 is 2.23. The van der Waals surface area contributed by atoms with Crippen molar-refractivity contribution in [1.29, 1.82) is 0 Å². The van der Waals surface area contributed by atoms with E-state index in [0.717, 1.165) is 33.9 Å². The van der Waals surface area contributed by atoms with Gasteiger partial charge in [0.15, 0.2) is 0 Å². The van der Waals surface area contributed by atoms with Crippen LogP contribution < -0.4 is 5.32 Å². The lowest BCUT2D eigenvalue weighted by Crippen LogP contribution is -2.03. The predicted molar refractivity (Wildman–Crippen MR) is 121 cm³/mol. The summed E-state index contributed by atoms with van der Waals surface area (Å²) in [5, 5.41) is 5.94. The summed E-state index contributed by atoms with van der Waals surface area (Å²) in [5.41, 5.74) is 6.68. The third-order valence-corrected chi connectivity index (χ3v) is 5.76. The van der Waals surface area contributed by atoms with E-state index in [1.54, 1.807) is 6.07 Å². The third kappa shape index (κ3) is 2.95. The van der Waals surface area contributed by atoms with Crippen molar-refractivity contribution in [2.45, 2.75) is 13.8 Å². The minimum atomic E-state index is -0.0993. The quantitative estimate of drug-likeness (QED) is 0.390. The first-order chi connectivity index (χ1) is 14.0. The molecule has 0 fully saturated rings. The monoisotopic (exact) mass is 398 g/mol. The summed E-state index contributed by atoms with van der Waals surface area (Å²) in [4.78, 5) is 12.5. The molecule has 3 aromatic carbocycles. The number of nitrogens with zero attached hydrogens (tertiary/aromatic N) is 1. The molecule has 0 bridgehead atoms. The molecular formula is C25H19ClN2O. The molecule has 1 aliphatic heterocycles. The summed E-state index contributed by atoms with van der Waals surface area (Å²) >= 11 is 6.06. The van der Waals surface area contributed by atoms with E-state index >= 15 is 0 Å². The van der Waals surface area contributed by atoms with Gasteiger partial charge in [0, 0.05) is 33.2 Å². The van der Waals surface area contributed by atoms with Crippen LogP contribution >= 0.6 is 11.6 Å². The summed E-state index contributed by atoms with van der Waals surface area (Å²) in [6.45, 7) is 4.18. The summed E-state index contributed by atoms with van der Waals surface area (Å²) in [6.07, 6.45) is 1.97. The Morgan fingerprint density at radius 3 is 2.55 bits per heavy atom. The number of nitrogens with one attached hydrogen (secondary N) is 1. The van der Waals surface area contributed by atoms with E-state index in [2.05, 4.69) is 72.3 Å². The van der Waals surface area contributed by atoms with E-state index in [9.17, 15) is 4.79 Å². The number of carbonyl (C=O) groups excluding carboxylic acids is 1. The number of fused-ring (bicyclic) bond motifs is 2. The van der Waals surface area contributed by atoms with Gasteiger partial charge in [-0.15, -0.1) is 0 Å². The number of hydrogen-bond donors (Lipinski definition) is 1. The maximum atomic E-state index is 12.5. The highest BCUT2D eigenvalue weighted by Gasteiger charge is 2.25. The van der Waals surface area contributed by atoms with E-state index in [0.29, 0.717) is 10.6 Å². The molecule has 4 heteroatoms. The van der Waals surface area contributed by atoms with Crippen molar-refractivity contribution in [2.24, 2.45) is 0 Å². The van der Waals surface area contributed by atoms with Gasteiger partial charge in [-0.2, -0.15) is 0 Å². The second-order valence-electron chi connectivity index (χ2n) is 7.40. The number of amides is 1. The average molecular weight is 399 g/mol. The van der Waals surface area contributed by atoms with E-state index in [1.165, 1.54) is 10.8 Å². The molecule has 3 nitrogen and oxygen atoms in total. The zero-order valence-electron chi connectivity index (χ0n) is 16.2. The fraction of sp³-hybridized carbons (Fsp3) is 0.0800. The molecular weight excluding hydrogens is 380 g/mol. The minimum absolute atomic E-state index is 0.0993. The van der Waals surface area contributed by atoms with E-state index in [-0.39, 0.29) is 5.91 Å². The first-order valence-electron chi connectivity index (χ1n) is 9.52. The van der Waals surface area contributed by atoms with Crippen LogP contribution in [0.15, 0.2) is 66.7 Å². The number of benzene rings is 3. The van der Waals surface area contributed by atoms with Gasteiger partial charge in [0.05, 0.1) is 5.69 Å². The molecule has 0 radical (unpaired) electrons. The van der Waals surface area contributed by atoms with Crippen LogP contribution in [0.25, 0.3) is 28.1 Å². The largest absolute Gasteiger partial charge is 0.321 e. The topological polar surface area (TPSA) is 34.0 Å². The fourth-order valence-corrected chi connectivity index (χ4v) is 4.28. The molecule has 0 saturated carbocycles. The Morgan fingerprint density at radius 1 is 0.931 bits per heavy atom. The standard InChI is InChI=1S/C25H19ClN2O/c1-15-11-19(13-23-22-10-8-20(26)14-24(22)27-25(23)29)16(2)28(15)21-9-7-17-5-3-4-6-18(17)12-21/h3-14H,1-2H3,(H,27,29)/b23-13+. The van der Waals surface area contributed by atoms with Crippen molar-refractivity contribution in [3.8, 4) is 5.69 Å². The van der Waals surface area contributed by atoms with Crippen molar-refractivity contribution < 1.29 is 4.79 Å². The molecule has 0 unspecified atom stereocenters. The van der Waals surface area contributed by atoms with Crippen LogP contribution in [-0.4, -0.2) is 10.5 Å². The fourth-order valence-electron chi connectivity index (χ4n) is 4.11. The highest BCUT2D eigenvalue weighted by Crippen LogP contribution is 2.36. The number of carbonyl (C=O) groups is 1. The van der Waals surface area contributed by atoms with Crippen molar-refractivity contribution in [1.82, 2.24) is 4.57 Å². The van der Waals surface area contributed by atoms with E-state index in [4.69, 9.17) is 11.6 Å². The Hall–Kier alpha value is -3.30. The maximum Gasteiger partial charge on any atom is 0.256 e. The van der Waals surface area contributed by atoms with Crippen LogP contribution in [0.5, 0.6) is 0 Å². The van der Waals surface area contributed by atoms with Gasteiger partial charge in [0.2, 0.25) is 0 Å². The van der Waals surface area contributed by atoms with Crippen LogP contribution in [0.2, 0.25) is 5.02 Å². The number of hydrogen-bond acceptors (Lipinski definition) is 1. The molecule has 1 N–H and O–H groups in total. The van der Waals surface area contributed by atoms with Gasteiger partial charge in [-0.25, -0.2) is 0 Å². The SMILES string of the molecule is Cc1cc(/C=C2/C(=O)Nc3cc(Cl)ccc32)c(C)n1-c1ccc2ccccc2c1. The van der Waals surface area contributed by atoms with Gasteiger partial charge in [0.1, 0.15) is 0 Å². The lowest BCUT2D eigenvalue weighted by Gasteiger charge is -2.11. The molecule has 1 aromatic heterocycles. The van der Waals surface area contributed by atoms with Crippen molar-refractivity contribution in [2.75, 3.05) is 5.32 Å². The Balaban J connectivity index is 1.62. The Kier molecular flexibility index (Phi) is 4.07. The second kappa shape index (κ2) is 6.64. The Bertz CT molecular complexity index is 1330. The first-order valence-corrected chi connectivity index (χ1v) is 9.90. The zero-order valence-corrected chi connectivity index (χ0v) is 16.9. The first kappa shape index (κ1) is 17.8. The molecule has 142 valence electrons. The van der Waals surface area contributed by atoms with Gasteiger partial charge in [-0.3, -0.25) is 4.79 Å². The normalized spacial score (nSPS) is 14.4. The van der Waals surface area contributed by atoms with Crippen molar-refractivity contribution in [3.63, 3.8) is 0 Å². The number of anilines is 1. The molecule has 0 spiro atoms. The van der Waals surface area contributed by atoms with Crippen molar-refractivity contribution >= 4 is 45.6 Å². The maximum absolute atomic E-state index is 12.5. The lowest BCUT2D eigenvalue weighted by atomic mass is 10.0. The van der Waals surface area contributed by atoms with Gasteiger partial charge in [-0.05, 0) is 66.6 Å². The molecule has 0 atom stereocenters. The molecule has 0 saturated heterocycles. The number of aromatic nitrogens is 1. The summed E-state index contributed by atoms with van der Waals surface area (Å²) in [7, 11) is 0. The lowest BCUT2D eigenvalue weighted by molar-refractivity contribution is -0.110. The van der Waals surface area contributed by atoms with Gasteiger partial charge in [0.25, 0.3) is 5.91 Å². The highest BCUT2D eigenvalue weighted by atomic mass is 35.5. The molecule has 1 aliphatic rings. The Labute approximate surface area is 174 Å². The molecule has 0 aliphatic carbocycles. The zero-order chi connectivity index (χ0) is 20.1. The smallest absolute Gasteiger partial charge is 0.256 e. The van der Waals surface area contributed by atoms with E-state index < -0.39 is 0 Å². The van der Waals surface area contributed by atoms with Crippen LogP contribution in [0, 0.1) is 13.8 Å². The number of rotatable bonds is 2. The van der Waals surface area contributed by atoms with Crippen molar-refractivity contribution in [3.05, 3.63) is 94.3 Å². The molecule has 4 aromatic rings. The van der Waals surface area contributed by atoms with Crippen LogP contribution in [0.4, 0.5) is 5.69 Å². The number of halogens is 1. The van der Waals surface area contributed by atoms with Crippen LogP contribution in [0.3, 0.4) is 0 Å². The molecule has 5 rings (SSSR count). The van der Waals surface area contributed by atoms with Crippen LogP contribution in [0.1, 0.15) is 22.5 Å². The minimum Gasteiger partial charge on any atom is -0.321 e. The summed E-state index contributed by atoms with van der Waals surface area (Å²) in [5.74, 6) is -0.0993. The van der Waals surface area contributed by atoms with E-state index in [1.807, 2.05) is 18.2 Å². The molecule has 29 heavy (non-hydrogen) atoms. The second-order valence-corrected chi connectivity index (χ2v) is 7.83. The average Bonchev–Trinajstić information content (AvgIpc) is 3.16. The van der Waals surface area contributed by atoms with Gasteiger partial charge >= 0.3 is 0 Å². The molecule has 1 amide bonds. The van der Waals surface area contributed by atoms with Gasteiger partial charge < -0.3 is 9.88 Å². The summed E-state index contributed by atoms with van der Waals surface area (Å²) in [6, 6.07) is 22.4. The Morgan fingerprint density at radius 2 is 1.72 bits per heavy atom. The molecule has 2 heterocycles. The third-order valence-electron chi connectivity index (χ3n) is 5.53. The van der Waals surface area contributed by atoms with Crippen LogP contribution in [-0.2, 0) is 4.79 Å². The number of aryl methyl sites for hydroxylation is 1.